The van der Waals surface area contributed by atoms with Crippen LogP contribution >= 0.6 is 0 Å². The smallest absolute Gasteiger partial charge is 0.155 e. The number of unbranched alkanes of at least 4 members (excludes halogenated alkanes) is 1. The van der Waals surface area contributed by atoms with Gasteiger partial charge >= 0.3 is 0 Å². The average Bonchev–Trinajstić information content (AvgIpc) is 2.52. The van der Waals surface area contributed by atoms with Crippen LogP contribution in [0, 0.1) is 0 Å². The Balaban J connectivity index is 1.67. The zero-order chi connectivity index (χ0) is 14.0. The lowest BCUT2D eigenvalue weighted by molar-refractivity contribution is -0.114. The van der Waals surface area contributed by atoms with E-state index in [-0.39, 0.29) is 5.78 Å². The van der Waals surface area contributed by atoms with Gasteiger partial charge in [0.1, 0.15) is 0 Å². The maximum atomic E-state index is 11.7. The summed E-state index contributed by atoms with van der Waals surface area (Å²) in [7, 11) is 0. The molecule has 0 N–H and O–H groups in total. The minimum atomic E-state index is 0.210. The van der Waals surface area contributed by atoms with E-state index in [9.17, 15) is 4.79 Å². The molecule has 1 heteroatoms. The molecule has 0 saturated carbocycles. The molecule has 0 aliphatic carbocycles. The lowest BCUT2D eigenvalue weighted by Crippen LogP contribution is -1.93. The van der Waals surface area contributed by atoms with E-state index >= 15 is 0 Å². The van der Waals surface area contributed by atoms with Crippen LogP contribution in [0.15, 0.2) is 66.7 Å². The van der Waals surface area contributed by atoms with Crippen LogP contribution in [0.25, 0.3) is 6.08 Å². The van der Waals surface area contributed by atoms with Crippen molar-refractivity contribution in [3.05, 3.63) is 77.9 Å². The van der Waals surface area contributed by atoms with E-state index in [0.29, 0.717) is 6.42 Å². The summed E-state index contributed by atoms with van der Waals surface area (Å²) in [4.78, 5) is 11.7. The van der Waals surface area contributed by atoms with Gasteiger partial charge in [0.2, 0.25) is 0 Å². The number of hydrogen-bond acceptors (Lipinski definition) is 1. The Bertz CT molecular complexity index is 540. The van der Waals surface area contributed by atoms with Crippen LogP contribution < -0.4 is 0 Å². The highest BCUT2D eigenvalue weighted by Gasteiger charge is 1.98. The third-order valence-electron chi connectivity index (χ3n) is 3.24. The number of benzene rings is 2. The molecule has 0 bridgehead atoms. The van der Waals surface area contributed by atoms with E-state index < -0.39 is 0 Å². The summed E-state index contributed by atoms with van der Waals surface area (Å²) in [6.45, 7) is 0. The Morgan fingerprint density at radius 2 is 1.50 bits per heavy atom. The van der Waals surface area contributed by atoms with Crippen LogP contribution in [-0.2, 0) is 11.2 Å². The zero-order valence-electron chi connectivity index (χ0n) is 11.7. The second-order valence-electron chi connectivity index (χ2n) is 4.90. The van der Waals surface area contributed by atoms with Crippen molar-refractivity contribution in [3.8, 4) is 0 Å². The van der Waals surface area contributed by atoms with Gasteiger partial charge in [0.15, 0.2) is 5.78 Å². The fraction of sp³-hybridized carbons (Fsp3) is 0.211. The highest BCUT2D eigenvalue weighted by molar-refractivity contribution is 5.93. The number of rotatable bonds is 7. The molecule has 0 saturated heterocycles. The summed E-state index contributed by atoms with van der Waals surface area (Å²) in [5.74, 6) is 0.210. The van der Waals surface area contributed by atoms with Crippen molar-refractivity contribution < 1.29 is 4.79 Å². The Hall–Kier alpha value is -2.15. The van der Waals surface area contributed by atoms with E-state index in [0.717, 1.165) is 24.8 Å². The summed E-state index contributed by atoms with van der Waals surface area (Å²) in [6.07, 6.45) is 7.28. The normalized spacial score (nSPS) is 10.8. The first-order chi connectivity index (χ1) is 9.84. The minimum Gasteiger partial charge on any atom is -0.295 e. The molecule has 0 aliphatic rings. The number of carbonyl (C=O) groups is 1. The SMILES string of the molecule is O=C(C=Cc1ccccc1)CCCCc1ccccc1. The van der Waals surface area contributed by atoms with Crippen molar-refractivity contribution in [1.29, 1.82) is 0 Å². The van der Waals surface area contributed by atoms with Gasteiger partial charge in [-0.2, -0.15) is 0 Å². The quantitative estimate of drug-likeness (QED) is 0.524. The van der Waals surface area contributed by atoms with Gasteiger partial charge in [-0.3, -0.25) is 4.79 Å². The van der Waals surface area contributed by atoms with E-state index in [4.69, 9.17) is 0 Å². The largest absolute Gasteiger partial charge is 0.295 e. The van der Waals surface area contributed by atoms with Gasteiger partial charge in [-0.05, 0) is 36.5 Å². The molecule has 102 valence electrons. The van der Waals surface area contributed by atoms with Crippen molar-refractivity contribution in [3.63, 3.8) is 0 Å². The van der Waals surface area contributed by atoms with E-state index in [2.05, 4.69) is 24.3 Å². The van der Waals surface area contributed by atoms with Crippen LogP contribution in [0.4, 0.5) is 0 Å². The molecule has 0 radical (unpaired) electrons. The zero-order valence-corrected chi connectivity index (χ0v) is 11.7. The molecule has 0 amide bonds. The van der Waals surface area contributed by atoms with E-state index in [1.54, 1.807) is 6.08 Å². The summed E-state index contributed by atoms with van der Waals surface area (Å²) >= 11 is 0. The van der Waals surface area contributed by atoms with Gasteiger partial charge < -0.3 is 0 Å². The molecule has 2 aromatic carbocycles. The first kappa shape index (κ1) is 14.3. The van der Waals surface area contributed by atoms with Gasteiger partial charge in [-0.15, -0.1) is 0 Å². The molecule has 0 aliphatic heterocycles. The molecule has 0 spiro atoms. The highest BCUT2D eigenvalue weighted by Crippen LogP contribution is 2.07. The summed E-state index contributed by atoms with van der Waals surface area (Å²) in [5, 5.41) is 0. The second-order valence-corrected chi connectivity index (χ2v) is 4.90. The Labute approximate surface area is 121 Å². The van der Waals surface area contributed by atoms with Crippen molar-refractivity contribution in [2.75, 3.05) is 0 Å². The summed E-state index contributed by atoms with van der Waals surface area (Å²) in [5.41, 5.74) is 2.42. The minimum absolute atomic E-state index is 0.210. The molecule has 0 aromatic heterocycles. The maximum Gasteiger partial charge on any atom is 0.155 e. The molecular formula is C19H20O. The first-order valence-corrected chi connectivity index (χ1v) is 7.14. The van der Waals surface area contributed by atoms with Crippen molar-refractivity contribution in [1.82, 2.24) is 0 Å². The molecule has 1 nitrogen and oxygen atoms in total. The van der Waals surface area contributed by atoms with Crippen LogP contribution in [0.1, 0.15) is 30.4 Å². The van der Waals surface area contributed by atoms with Gasteiger partial charge in [-0.25, -0.2) is 0 Å². The van der Waals surface area contributed by atoms with Gasteiger partial charge in [0.25, 0.3) is 0 Å². The van der Waals surface area contributed by atoms with Crippen LogP contribution in [-0.4, -0.2) is 5.78 Å². The average molecular weight is 264 g/mol. The number of ketones is 1. The molecule has 20 heavy (non-hydrogen) atoms. The molecule has 0 heterocycles. The van der Waals surface area contributed by atoms with Gasteiger partial charge in [-0.1, -0.05) is 66.7 Å². The highest BCUT2D eigenvalue weighted by atomic mass is 16.1. The lowest BCUT2D eigenvalue weighted by Gasteiger charge is -2.00. The third-order valence-corrected chi connectivity index (χ3v) is 3.24. The molecule has 2 aromatic rings. The summed E-state index contributed by atoms with van der Waals surface area (Å²) < 4.78 is 0. The molecule has 2 rings (SSSR count). The van der Waals surface area contributed by atoms with Gasteiger partial charge in [0, 0.05) is 6.42 Å². The van der Waals surface area contributed by atoms with Crippen LogP contribution in [0.5, 0.6) is 0 Å². The van der Waals surface area contributed by atoms with Crippen molar-refractivity contribution in [2.24, 2.45) is 0 Å². The molecule has 0 atom stereocenters. The third kappa shape index (κ3) is 5.23. The number of allylic oxidation sites excluding steroid dienone is 1. The van der Waals surface area contributed by atoms with Crippen LogP contribution in [0.2, 0.25) is 0 Å². The fourth-order valence-corrected chi connectivity index (χ4v) is 2.11. The topological polar surface area (TPSA) is 17.1 Å². The molecule has 0 unspecified atom stereocenters. The predicted octanol–water partition coefficient (Wildman–Crippen LogP) is 4.68. The molecule has 0 fully saturated rings. The molecular weight excluding hydrogens is 244 g/mol. The Kier molecular flexibility index (Phi) is 5.78. The Morgan fingerprint density at radius 1 is 0.850 bits per heavy atom. The monoisotopic (exact) mass is 264 g/mol. The Morgan fingerprint density at radius 3 is 2.20 bits per heavy atom. The van der Waals surface area contributed by atoms with Crippen LogP contribution in [0.3, 0.4) is 0 Å². The van der Waals surface area contributed by atoms with E-state index in [1.165, 1.54) is 5.56 Å². The summed E-state index contributed by atoms with van der Waals surface area (Å²) in [6, 6.07) is 20.3. The van der Waals surface area contributed by atoms with Crippen molar-refractivity contribution in [2.45, 2.75) is 25.7 Å². The standard InChI is InChI=1S/C19H20O/c20-19(16-15-18-11-5-2-6-12-18)14-8-7-13-17-9-3-1-4-10-17/h1-6,9-12,15-16H,7-8,13-14H2. The lowest BCUT2D eigenvalue weighted by atomic mass is 10.1. The first-order valence-electron chi connectivity index (χ1n) is 7.14. The number of aryl methyl sites for hydroxylation is 1. The number of carbonyl (C=O) groups excluding carboxylic acids is 1. The predicted molar refractivity (Wildman–Crippen MR) is 84.5 cm³/mol. The van der Waals surface area contributed by atoms with E-state index in [1.807, 2.05) is 42.5 Å². The number of hydrogen-bond donors (Lipinski definition) is 0. The van der Waals surface area contributed by atoms with Crippen molar-refractivity contribution >= 4 is 11.9 Å². The fourth-order valence-electron chi connectivity index (χ4n) is 2.11. The second kappa shape index (κ2) is 8.11. The maximum absolute atomic E-state index is 11.7. The van der Waals surface area contributed by atoms with Gasteiger partial charge in [0.05, 0.1) is 0 Å².